The van der Waals surface area contributed by atoms with Crippen LogP contribution < -0.4 is 17.0 Å². The average Bonchev–Trinajstić information content (AvgIpc) is 2.14. The highest BCUT2D eigenvalue weighted by molar-refractivity contribution is 9.09. The molecule has 0 spiro atoms. The van der Waals surface area contributed by atoms with Gasteiger partial charge in [-0.25, -0.2) is 0 Å². The fourth-order valence-corrected chi connectivity index (χ4v) is 2.22. The molecular weight excluding hydrogens is 294 g/mol. The van der Waals surface area contributed by atoms with E-state index in [9.17, 15) is 0 Å². The smallest absolute Gasteiger partial charge is 0.0913 e. The van der Waals surface area contributed by atoms with Crippen molar-refractivity contribution in [1.82, 2.24) is 0 Å². The summed E-state index contributed by atoms with van der Waals surface area (Å²) in [6.07, 6.45) is 1.24. The fraction of sp³-hybridized carbons (Fsp3) is 1.00. The average molecular weight is 317 g/mol. The van der Waals surface area contributed by atoms with E-state index in [2.05, 4.69) is 43.6 Å². The molecule has 0 aromatic rings. The van der Waals surface area contributed by atoms with Gasteiger partial charge in [0.25, 0.3) is 0 Å². The van der Waals surface area contributed by atoms with E-state index in [0.29, 0.717) is 4.83 Å². The largest absolute Gasteiger partial charge is 1.00 e. The molecule has 1 nitrogen and oxygen atoms in total. The molecule has 0 amide bonds. The molecule has 0 rings (SSSR count). The van der Waals surface area contributed by atoms with Gasteiger partial charge < -0.3 is 21.5 Å². The van der Waals surface area contributed by atoms with Crippen molar-refractivity contribution in [3.8, 4) is 0 Å². The van der Waals surface area contributed by atoms with E-state index in [1.54, 1.807) is 0 Å². The normalized spacial score (nSPS) is 13.6. The van der Waals surface area contributed by atoms with Crippen LogP contribution in [0.3, 0.4) is 0 Å². The summed E-state index contributed by atoms with van der Waals surface area (Å²) in [5.74, 6) is 0. The van der Waals surface area contributed by atoms with E-state index in [1.807, 2.05) is 0 Å². The summed E-state index contributed by atoms with van der Waals surface area (Å²) in [5.41, 5.74) is 0. The Morgan fingerprint density at radius 1 is 1.00 bits per heavy atom. The molecule has 0 radical (unpaired) electrons. The summed E-state index contributed by atoms with van der Waals surface area (Å²) in [4.78, 5) is 0.692. The zero-order valence-corrected chi connectivity index (χ0v) is 12.5. The molecule has 0 heterocycles. The van der Waals surface area contributed by atoms with Crippen LogP contribution in [0.4, 0.5) is 0 Å². The topological polar surface area (TPSA) is 0 Å². The van der Waals surface area contributed by atoms with Crippen molar-refractivity contribution in [2.24, 2.45) is 0 Å². The maximum Gasteiger partial charge on any atom is 0.0913 e. The second-order valence-corrected chi connectivity index (χ2v) is 4.77. The van der Waals surface area contributed by atoms with Crippen molar-refractivity contribution in [2.75, 3.05) is 26.2 Å². The van der Waals surface area contributed by atoms with Gasteiger partial charge in [0.2, 0.25) is 0 Å². The van der Waals surface area contributed by atoms with Crippen LogP contribution in [0.1, 0.15) is 34.1 Å². The zero-order valence-electron chi connectivity index (χ0n) is 9.32. The van der Waals surface area contributed by atoms with Gasteiger partial charge in [-0.1, -0.05) is 22.9 Å². The summed E-state index contributed by atoms with van der Waals surface area (Å²) in [7, 11) is 0. The van der Waals surface area contributed by atoms with Gasteiger partial charge in [-0.3, -0.25) is 0 Å². The first-order chi connectivity index (χ1) is 5.64. The molecule has 3 heteroatoms. The van der Waals surface area contributed by atoms with E-state index in [0.717, 1.165) is 0 Å². The van der Waals surface area contributed by atoms with Gasteiger partial charge in [-0.15, -0.1) is 0 Å². The van der Waals surface area contributed by atoms with E-state index in [4.69, 9.17) is 0 Å². The molecule has 1 atom stereocenters. The molecule has 0 bridgehead atoms. The Labute approximate surface area is 102 Å². The van der Waals surface area contributed by atoms with Crippen molar-refractivity contribution in [1.29, 1.82) is 0 Å². The minimum atomic E-state index is 0. The molecule has 0 aliphatic heterocycles. The Morgan fingerprint density at radius 3 is 1.62 bits per heavy atom. The summed E-state index contributed by atoms with van der Waals surface area (Å²) >= 11 is 3.72. The first kappa shape index (κ1) is 16.4. The molecule has 82 valence electrons. The number of quaternary nitrogens is 1. The quantitative estimate of drug-likeness (QED) is 0.479. The molecule has 0 aliphatic carbocycles. The Kier molecular flexibility index (Phi) is 10.4. The van der Waals surface area contributed by atoms with Crippen LogP contribution in [0.15, 0.2) is 0 Å². The number of hydrogen-bond donors (Lipinski definition) is 0. The zero-order chi connectivity index (χ0) is 9.61. The van der Waals surface area contributed by atoms with Crippen molar-refractivity contribution in [3.05, 3.63) is 0 Å². The van der Waals surface area contributed by atoms with E-state index in [1.165, 1.54) is 37.1 Å². The third kappa shape index (κ3) is 5.38. The Hall–Kier alpha value is 0.920. The van der Waals surface area contributed by atoms with Gasteiger partial charge in [0.15, 0.2) is 0 Å². The molecule has 0 aromatic carbocycles. The van der Waals surface area contributed by atoms with Gasteiger partial charge in [0.05, 0.1) is 31.0 Å². The van der Waals surface area contributed by atoms with Gasteiger partial charge in [0.1, 0.15) is 0 Å². The second kappa shape index (κ2) is 8.25. The summed E-state index contributed by atoms with van der Waals surface area (Å²) < 4.78 is 1.25. The summed E-state index contributed by atoms with van der Waals surface area (Å²) in [6.45, 7) is 14.2. The second-order valence-electron chi connectivity index (χ2n) is 3.48. The third-order valence-corrected chi connectivity index (χ3v) is 3.98. The summed E-state index contributed by atoms with van der Waals surface area (Å²) in [5, 5.41) is 0. The minimum Gasteiger partial charge on any atom is -1.00 e. The highest BCUT2D eigenvalue weighted by Gasteiger charge is 2.23. The Morgan fingerprint density at radius 2 is 1.38 bits per heavy atom. The molecule has 13 heavy (non-hydrogen) atoms. The Bertz CT molecular complexity index is 105. The number of hydrogen-bond acceptors (Lipinski definition) is 0. The first-order valence-corrected chi connectivity index (χ1v) is 6.04. The molecule has 0 saturated heterocycles. The lowest BCUT2D eigenvalue weighted by molar-refractivity contribution is -0.922. The predicted molar refractivity (Wildman–Crippen MR) is 59.8 cm³/mol. The van der Waals surface area contributed by atoms with Gasteiger partial charge in [-0.05, 0) is 27.2 Å². The van der Waals surface area contributed by atoms with Crippen LogP contribution in [0.2, 0.25) is 0 Å². The third-order valence-electron chi connectivity index (χ3n) is 3.04. The molecule has 0 aromatic heterocycles. The van der Waals surface area contributed by atoms with Crippen LogP contribution in [0.5, 0.6) is 0 Å². The lowest BCUT2D eigenvalue weighted by Crippen LogP contribution is -3.00. The maximum absolute atomic E-state index is 3.72. The maximum atomic E-state index is 3.72. The van der Waals surface area contributed by atoms with Crippen LogP contribution in [-0.2, 0) is 0 Å². The predicted octanol–water partition coefficient (Wildman–Crippen LogP) is 0.0404. The van der Waals surface area contributed by atoms with Crippen molar-refractivity contribution in [3.63, 3.8) is 0 Å². The number of nitrogens with zero attached hydrogens (tertiary/aromatic N) is 1. The molecule has 0 saturated carbocycles. The fourth-order valence-electron chi connectivity index (χ4n) is 1.61. The molecule has 1 unspecified atom stereocenters. The lowest BCUT2D eigenvalue weighted by Gasteiger charge is -2.37. The van der Waals surface area contributed by atoms with Crippen molar-refractivity contribution >= 4 is 15.9 Å². The monoisotopic (exact) mass is 315 g/mol. The van der Waals surface area contributed by atoms with Crippen LogP contribution in [-0.4, -0.2) is 35.5 Å². The molecule has 0 fully saturated rings. The van der Waals surface area contributed by atoms with E-state index in [-0.39, 0.29) is 17.0 Å². The number of halogens is 2. The molecule has 0 aliphatic rings. The highest BCUT2D eigenvalue weighted by atomic mass is 79.9. The number of rotatable bonds is 6. The van der Waals surface area contributed by atoms with Crippen LogP contribution in [0.25, 0.3) is 0 Å². The van der Waals surface area contributed by atoms with Crippen molar-refractivity contribution < 1.29 is 21.5 Å². The molecule has 0 N–H and O–H groups in total. The first-order valence-electron chi connectivity index (χ1n) is 5.13. The highest BCUT2D eigenvalue weighted by Crippen LogP contribution is 2.14. The van der Waals surface area contributed by atoms with Gasteiger partial charge in [-0.2, -0.15) is 0 Å². The van der Waals surface area contributed by atoms with Crippen LogP contribution >= 0.6 is 15.9 Å². The number of alkyl halides is 1. The SMILES string of the molecule is CCC(Br)C[N+](CC)(CC)CC.[Br-]. The molecular formula is C10H23Br2N. The lowest BCUT2D eigenvalue weighted by atomic mass is 10.2. The van der Waals surface area contributed by atoms with Gasteiger partial charge >= 0.3 is 0 Å². The minimum absolute atomic E-state index is 0. The Balaban J connectivity index is 0. The van der Waals surface area contributed by atoms with E-state index < -0.39 is 0 Å². The standard InChI is InChI=1S/C10H23BrN.BrH/c1-5-10(11)9-12(6-2,7-3)8-4;/h10H,5-9H2,1-4H3;1H/q+1;/p-1. The van der Waals surface area contributed by atoms with E-state index >= 15 is 0 Å². The van der Waals surface area contributed by atoms with Gasteiger partial charge in [0, 0.05) is 0 Å². The van der Waals surface area contributed by atoms with Crippen LogP contribution in [0, 0.1) is 0 Å². The summed E-state index contributed by atoms with van der Waals surface area (Å²) in [6, 6.07) is 0. The van der Waals surface area contributed by atoms with Crippen molar-refractivity contribution in [2.45, 2.75) is 38.9 Å².